The molecule has 0 spiro atoms. The highest BCUT2D eigenvalue weighted by Crippen LogP contribution is 2.14. The fraction of sp³-hybridized carbons (Fsp3) is 1.00. The van der Waals surface area contributed by atoms with Crippen LogP contribution in [0.2, 0.25) is 0 Å². The summed E-state index contributed by atoms with van der Waals surface area (Å²) >= 11 is 0. The highest BCUT2D eigenvalue weighted by Gasteiger charge is 2.01. The largest absolute Gasteiger partial charge is 0.396 e. The van der Waals surface area contributed by atoms with Crippen molar-refractivity contribution in [1.82, 2.24) is 0 Å². The summed E-state index contributed by atoms with van der Waals surface area (Å²) < 4.78 is 0. The molecule has 0 aliphatic heterocycles. The van der Waals surface area contributed by atoms with Gasteiger partial charge in [-0.1, -0.05) is 52.9 Å². The van der Waals surface area contributed by atoms with Crippen molar-refractivity contribution in [3.8, 4) is 0 Å². The van der Waals surface area contributed by atoms with Crippen molar-refractivity contribution in [3.63, 3.8) is 0 Å². The lowest BCUT2D eigenvalue weighted by Crippen LogP contribution is -2.00. The first-order valence-corrected chi connectivity index (χ1v) is 5.81. The number of aliphatic hydroxyl groups excluding tert-OH is 1. The molecule has 0 bridgehead atoms. The Morgan fingerprint density at radius 2 is 1.46 bits per heavy atom. The monoisotopic (exact) mass is 186 g/mol. The molecule has 0 amide bonds. The Morgan fingerprint density at radius 3 is 1.92 bits per heavy atom. The molecular formula is C12H26O. The number of aliphatic hydroxyl groups is 1. The van der Waals surface area contributed by atoms with Crippen LogP contribution in [0.1, 0.15) is 59.3 Å². The normalized spacial score (nSPS) is 15.7. The first-order chi connectivity index (χ1) is 6.20. The third-order valence-electron chi connectivity index (χ3n) is 2.90. The van der Waals surface area contributed by atoms with Gasteiger partial charge in [0, 0.05) is 6.61 Å². The lowest BCUT2D eigenvalue weighted by Gasteiger charge is -2.09. The summed E-state index contributed by atoms with van der Waals surface area (Å²) in [6.45, 7) is 7.06. The van der Waals surface area contributed by atoms with Crippen molar-refractivity contribution in [2.45, 2.75) is 59.3 Å². The first-order valence-electron chi connectivity index (χ1n) is 5.81. The fourth-order valence-corrected chi connectivity index (χ4v) is 1.46. The van der Waals surface area contributed by atoms with Crippen LogP contribution in [-0.4, -0.2) is 11.7 Å². The summed E-state index contributed by atoms with van der Waals surface area (Å²) in [4.78, 5) is 0. The molecule has 0 saturated carbocycles. The van der Waals surface area contributed by atoms with Gasteiger partial charge in [0.15, 0.2) is 0 Å². The van der Waals surface area contributed by atoms with E-state index in [4.69, 9.17) is 5.11 Å². The Bertz CT molecular complexity index is 89.3. The van der Waals surface area contributed by atoms with Gasteiger partial charge in [0.05, 0.1) is 0 Å². The molecule has 1 nitrogen and oxygen atoms in total. The predicted octanol–water partition coefficient (Wildman–Crippen LogP) is 3.61. The standard InChI is InChI=1S/C12H26O/c1-4-11(2)8-6-5-7-9-12(3)10-13/h11-13H,4-10H2,1-3H3. The van der Waals surface area contributed by atoms with Crippen LogP contribution in [0.5, 0.6) is 0 Å². The van der Waals surface area contributed by atoms with Gasteiger partial charge in [0.1, 0.15) is 0 Å². The Morgan fingerprint density at radius 1 is 0.923 bits per heavy atom. The highest BCUT2D eigenvalue weighted by atomic mass is 16.3. The zero-order chi connectivity index (χ0) is 10.1. The van der Waals surface area contributed by atoms with E-state index in [1.807, 2.05) is 0 Å². The molecule has 0 fully saturated rings. The average molecular weight is 186 g/mol. The van der Waals surface area contributed by atoms with Crippen LogP contribution < -0.4 is 0 Å². The molecule has 0 radical (unpaired) electrons. The molecule has 0 saturated heterocycles. The molecule has 0 heterocycles. The second-order valence-electron chi connectivity index (χ2n) is 4.44. The lowest BCUT2D eigenvalue weighted by atomic mass is 9.98. The summed E-state index contributed by atoms with van der Waals surface area (Å²) in [6, 6.07) is 0. The topological polar surface area (TPSA) is 20.2 Å². The molecule has 1 heteroatoms. The Labute approximate surface area is 83.5 Å². The van der Waals surface area contributed by atoms with Crippen molar-refractivity contribution >= 4 is 0 Å². The van der Waals surface area contributed by atoms with Crippen LogP contribution in [0.3, 0.4) is 0 Å². The van der Waals surface area contributed by atoms with Crippen LogP contribution in [0.15, 0.2) is 0 Å². The van der Waals surface area contributed by atoms with E-state index in [2.05, 4.69) is 20.8 Å². The van der Waals surface area contributed by atoms with Crippen molar-refractivity contribution in [3.05, 3.63) is 0 Å². The lowest BCUT2D eigenvalue weighted by molar-refractivity contribution is 0.227. The smallest absolute Gasteiger partial charge is 0.0456 e. The van der Waals surface area contributed by atoms with Crippen LogP contribution >= 0.6 is 0 Å². The second-order valence-corrected chi connectivity index (χ2v) is 4.44. The van der Waals surface area contributed by atoms with E-state index < -0.39 is 0 Å². The number of unbranched alkanes of at least 4 members (excludes halogenated alkanes) is 2. The molecule has 0 rings (SSSR count). The molecule has 80 valence electrons. The Balaban J connectivity index is 3.08. The molecule has 0 aromatic rings. The van der Waals surface area contributed by atoms with Crippen molar-refractivity contribution in [1.29, 1.82) is 0 Å². The van der Waals surface area contributed by atoms with Crippen LogP contribution in [0.25, 0.3) is 0 Å². The summed E-state index contributed by atoms with van der Waals surface area (Å²) in [5.41, 5.74) is 0. The van der Waals surface area contributed by atoms with Crippen molar-refractivity contribution in [2.24, 2.45) is 11.8 Å². The van der Waals surface area contributed by atoms with Gasteiger partial charge < -0.3 is 5.11 Å². The molecule has 2 unspecified atom stereocenters. The van der Waals surface area contributed by atoms with E-state index in [0.717, 1.165) is 5.92 Å². The minimum atomic E-state index is 0.353. The van der Waals surface area contributed by atoms with Crippen LogP contribution in [0, 0.1) is 11.8 Å². The Hall–Kier alpha value is -0.0400. The Kier molecular flexibility index (Phi) is 8.53. The van der Waals surface area contributed by atoms with E-state index in [1.54, 1.807) is 0 Å². The number of rotatable bonds is 8. The van der Waals surface area contributed by atoms with E-state index in [0.29, 0.717) is 12.5 Å². The molecule has 13 heavy (non-hydrogen) atoms. The maximum absolute atomic E-state index is 8.82. The second kappa shape index (κ2) is 8.55. The predicted molar refractivity (Wildman–Crippen MR) is 58.8 cm³/mol. The molecular weight excluding hydrogens is 160 g/mol. The average Bonchev–Trinajstić information content (AvgIpc) is 2.16. The van der Waals surface area contributed by atoms with Crippen LogP contribution in [-0.2, 0) is 0 Å². The summed E-state index contributed by atoms with van der Waals surface area (Å²) in [5.74, 6) is 1.40. The molecule has 0 aliphatic carbocycles. The zero-order valence-corrected chi connectivity index (χ0v) is 9.55. The summed E-state index contributed by atoms with van der Waals surface area (Å²) in [6.07, 6.45) is 7.88. The van der Waals surface area contributed by atoms with Gasteiger partial charge >= 0.3 is 0 Å². The maximum Gasteiger partial charge on any atom is 0.0456 e. The SMILES string of the molecule is CCC(C)CCCCCC(C)CO. The molecule has 0 aliphatic rings. The van der Waals surface area contributed by atoms with E-state index >= 15 is 0 Å². The minimum Gasteiger partial charge on any atom is -0.396 e. The highest BCUT2D eigenvalue weighted by molar-refractivity contribution is 4.54. The third kappa shape index (κ3) is 8.29. The molecule has 1 N–H and O–H groups in total. The van der Waals surface area contributed by atoms with Gasteiger partial charge in [0.2, 0.25) is 0 Å². The number of hydrogen-bond acceptors (Lipinski definition) is 1. The van der Waals surface area contributed by atoms with Gasteiger partial charge in [-0.25, -0.2) is 0 Å². The summed E-state index contributed by atoms with van der Waals surface area (Å²) in [5, 5.41) is 8.82. The first kappa shape index (κ1) is 13.0. The minimum absolute atomic E-state index is 0.353. The quantitative estimate of drug-likeness (QED) is 0.574. The zero-order valence-electron chi connectivity index (χ0n) is 9.55. The van der Waals surface area contributed by atoms with Gasteiger partial charge in [-0.3, -0.25) is 0 Å². The molecule has 0 aromatic carbocycles. The van der Waals surface area contributed by atoms with Crippen molar-refractivity contribution in [2.75, 3.05) is 6.61 Å². The number of hydrogen-bond donors (Lipinski definition) is 1. The van der Waals surface area contributed by atoms with E-state index in [9.17, 15) is 0 Å². The van der Waals surface area contributed by atoms with Gasteiger partial charge in [0.25, 0.3) is 0 Å². The maximum atomic E-state index is 8.82. The van der Waals surface area contributed by atoms with E-state index in [-0.39, 0.29) is 0 Å². The van der Waals surface area contributed by atoms with Gasteiger partial charge in [-0.15, -0.1) is 0 Å². The van der Waals surface area contributed by atoms with Crippen LogP contribution in [0.4, 0.5) is 0 Å². The fourth-order valence-electron chi connectivity index (χ4n) is 1.46. The van der Waals surface area contributed by atoms with E-state index in [1.165, 1.54) is 38.5 Å². The summed E-state index contributed by atoms with van der Waals surface area (Å²) in [7, 11) is 0. The molecule has 0 aromatic heterocycles. The van der Waals surface area contributed by atoms with Crippen molar-refractivity contribution < 1.29 is 5.11 Å². The third-order valence-corrected chi connectivity index (χ3v) is 2.90. The van der Waals surface area contributed by atoms with Gasteiger partial charge in [-0.05, 0) is 18.3 Å². The van der Waals surface area contributed by atoms with Gasteiger partial charge in [-0.2, -0.15) is 0 Å². The molecule has 2 atom stereocenters.